The van der Waals surface area contributed by atoms with Crippen molar-refractivity contribution in [3.63, 3.8) is 0 Å². The molecular formula is C10H19N3O. The van der Waals surface area contributed by atoms with E-state index in [2.05, 4.69) is 30.9 Å². The number of nitrogens with zero attached hydrogens (tertiary/aromatic N) is 2. The van der Waals surface area contributed by atoms with Crippen molar-refractivity contribution >= 4 is 0 Å². The van der Waals surface area contributed by atoms with Gasteiger partial charge in [0.1, 0.15) is 0 Å². The lowest BCUT2D eigenvalue weighted by atomic mass is 9.92. The summed E-state index contributed by atoms with van der Waals surface area (Å²) < 4.78 is 5.08. The molecule has 0 saturated carbocycles. The Balaban J connectivity index is 2.69. The fraction of sp³-hybridized carbons (Fsp3) is 0.800. The first-order chi connectivity index (χ1) is 6.42. The van der Waals surface area contributed by atoms with Gasteiger partial charge in [0.15, 0.2) is 5.82 Å². The molecule has 0 amide bonds. The molecule has 0 bridgehead atoms. The molecule has 1 atom stereocenters. The molecule has 4 nitrogen and oxygen atoms in total. The van der Waals surface area contributed by atoms with E-state index in [0.29, 0.717) is 5.89 Å². The van der Waals surface area contributed by atoms with Gasteiger partial charge in [0.25, 0.3) is 0 Å². The number of hydrogen-bond acceptors (Lipinski definition) is 4. The van der Waals surface area contributed by atoms with Gasteiger partial charge in [0.05, 0.1) is 6.04 Å². The Kier molecular flexibility index (Phi) is 3.26. The van der Waals surface area contributed by atoms with Crippen molar-refractivity contribution in [2.45, 2.75) is 46.6 Å². The maximum atomic E-state index is 5.78. The summed E-state index contributed by atoms with van der Waals surface area (Å²) in [5.41, 5.74) is 5.95. The van der Waals surface area contributed by atoms with Gasteiger partial charge in [0.2, 0.25) is 5.89 Å². The molecule has 0 aromatic carbocycles. The summed E-state index contributed by atoms with van der Waals surface area (Å²) in [4.78, 5) is 4.26. The van der Waals surface area contributed by atoms with Crippen molar-refractivity contribution in [2.75, 3.05) is 0 Å². The molecule has 14 heavy (non-hydrogen) atoms. The first-order valence-corrected chi connectivity index (χ1v) is 5.00. The molecule has 0 fully saturated rings. The standard InChI is InChI=1S/C10H19N3O/c1-5-7(11)9-12-8(13-14-9)6-10(2,3)4/h7H,5-6,11H2,1-4H3/t7-/m0/s1. The molecular weight excluding hydrogens is 178 g/mol. The van der Waals surface area contributed by atoms with Crippen LogP contribution < -0.4 is 5.73 Å². The lowest BCUT2D eigenvalue weighted by Gasteiger charge is -2.14. The van der Waals surface area contributed by atoms with Crippen LogP contribution in [0.2, 0.25) is 0 Å². The predicted molar refractivity (Wildman–Crippen MR) is 54.7 cm³/mol. The minimum Gasteiger partial charge on any atom is -0.338 e. The van der Waals surface area contributed by atoms with Crippen LogP contribution in [0.3, 0.4) is 0 Å². The van der Waals surface area contributed by atoms with Gasteiger partial charge in [-0.05, 0) is 11.8 Å². The Morgan fingerprint density at radius 3 is 2.57 bits per heavy atom. The zero-order valence-corrected chi connectivity index (χ0v) is 9.37. The molecule has 1 aromatic rings. The van der Waals surface area contributed by atoms with Crippen molar-refractivity contribution in [1.29, 1.82) is 0 Å². The topological polar surface area (TPSA) is 64.9 Å². The fourth-order valence-electron chi connectivity index (χ4n) is 1.14. The molecule has 0 unspecified atom stereocenters. The Morgan fingerprint density at radius 1 is 1.43 bits per heavy atom. The molecule has 0 radical (unpaired) electrons. The summed E-state index contributed by atoms with van der Waals surface area (Å²) in [7, 11) is 0. The molecule has 1 heterocycles. The van der Waals surface area contributed by atoms with Crippen molar-refractivity contribution in [3.8, 4) is 0 Å². The lowest BCUT2D eigenvalue weighted by Crippen LogP contribution is -2.12. The summed E-state index contributed by atoms with van der Waals surface area (Å²) >= 11 is 0. The number of aromatic nitrogens is 2. The van der Waals surface area contributed by atoms with Crippen molar-refractivity contribution in [3.05, 3.63) is 11.7 Å². The van der Waals surface area contributed by atoms with Crippen LogP contribution in [0.15, 0.2) is 4.52 Å². The number of nitrogens with two attached hydrogens (primary N) is 1. The Labute approximate surface area is 84.9 Å². The zero-order chi connectivity index (χ0) is 10.8. The van der Waals surface area contributed by atoms with Crippen LogP contribution in [0.1, 0.15) is 51.9 Å². The summed E-state index contributed by atoms with van der Waals surface area (Å²) in [5.74, 6) is 1.29. The summed E-state index contributed by atoms with van der Waals surface area (Å²) in [5, 5.41) is 3.90. The van der Waals surface area contributed by atoms with Gasteiger partial charge in [-0.2, -0.15) is 4.98 Å². The molecule has 0 aliphatic carbocycles. The summed E-state index contributed by atoms with van der Waals surface area (Å²) in [6.07, 6.45) is 1.63. The Morgan fingerprint density at radius 2 is 2.07 bits per heavy atom. The number of hydrogen-bond donors (Lipinski definition) is 1. The van der Waals surface area contributed by atoms with Gasteiger partial charge < -0.3 is 10.3 Å². The van der Waals surface area contributed by atoms with E-state index < -0.39 is 0 Å². The van der Waals surface area contributed by atoms with Crippen LogP contribution in [0.5, 0.6) is 0 Å². The largest absolute Gasteiger partial charge is 0.338 e. The molecule has 0 saturated heterocycles. The third-order valence-electron chi connectivity index (χ3n) is 1.93. The normalized spacial score (nSPS) is 14.4. The second-order valence-electron chi connectivity index (χ2n) is 4.80. The quantitative estimate of drug-likeness (QED) is 0.805. The Hall–Kier alpha value is -0.900. The average Bonchev–Trinajstić information content (AvgIpc) is 2.48. The predicted octanol–water partition coefficient (Wildman–Crippen LogP) is 2.07. The maximum absolute atomic E-state index is 5.78. The lowest BCUT2D eigenvalue weighted by molar-refractivity contribution is 0.338. The van der Waals surface area contributed by atoms with Crippen LogP contribution in [-0.2, 0) is 6.42 Å². The van der Waals surface area contributed by atoms with Gasteiger partial charge in [-0.25, -0.2) is 0 Å². The monoisotopic (exact) mass is 197 g/mol. The molecule has 0 aliphatic heterocycles. The van der Waals surface area contributed by atoms with E-state index >= 15 is 0 Å². The van der Waals surface area contributed by atoms with E-state index in [1.54, 1.807) is 0 Å². The average molecular weight is 197 g/mol. The number of rotatable bonds is 3. The van der Waals surface area contributed by atoms with Crippen LogP contribution in [-0.4, -0.2) is 10.1 Å². The van der Waals surface area contributed by atoms with E-state index in [4.69, 9.17) is 10.3 Å². The SMILES string of the molecule is CC[C@H](N)c1nc(CC(C)(C)C)no1. The third-order valence-corrected chi connectivity index (χ3v) is 1.93. The van der Waals surface area contributed by atoms with E-state index in [1.807, 2.05) is 6.92 Å². The van der Waals surface area contributed by atoms with E-state index in [1.165, 1.54) is 0 Å². The highest BCUT2D eigenvalue weighted by atomic mass is 16.5. The first kappa shape index (κ1) is 11.2. The van der Waals surface area contributed by atoms with Gasteiger partial charge >= 0.3 is 0 Å². The highest BCUT2D eigenvalue weighted by Gasteiger charge is 2.18. The minimum atomic E-state index is -0.129. The minimum absolute atomic E-state index is 0.129. The molecule has 2 N–H and O–H groups in total. The second-order valence-corrected chi connectivity index (χ2v) is 4.80. The van der Waals surface area contributed by atoms with Gasteiger partial charge in [0, 0.05) is 6.42 Å². The van der Waals surface area contributed by atoms with Crippen LogP contribution in [0.4, 0.5) is 0 Å². The third kappa shape index (κ3) is 3.10. The molecule has 4 heteroatoms. The fourth-order valence-corrected chi connectivity index (χ4v) is 1.14. The zero-order valence-electron chi connectivity index (χ0n) is 9.37. The highest BCUT2D eigenvalue weighted by Crippen LogP contribution is 2.19. The second kappa shape index (κ2) is 4.09. The van der Waals surface area contributed by atoms with E-state index in [-0.39, 0.29) is 11.5 Å². The molecule has 1 rings (SSSR count). The maximum Gasteiger partial charge on any atom is 0.243 e. The van der Waals surface area contributed by atoms with Crippen LogP contribution >= 0.6 is 0 Å². The van der Waals surface area contributed by atoms with Crippen molar-refractivity contribution in [2.24, 2.45) is 11.1 Å². The summed E-state index contributed by atoms with van der Waals surface area (Å²) in [6.45, 7) is 8.42. The smallest absolute Gasteiger partial charge is 0.243 e. The van der Waals surface area contributed by atoms with E-state index in [9.17, 15) is 0 Å². The Bertz CT molecular complexity index is 288. The van der Waals surface area contributed by atoms with Gasteiger partial charge in [-0.3, -0.25) is 0 Å². The van der Waals surface area contributed by atoms with Crippen molar-refractivity contribution < 1.29 is 4.52 Å². The highest BCUT2D eigenvalue weighted by molar-refractivity contribution is 4.93. The molecule has 80 valence electrons. The van der Waals surface area contributed by atoms with Gasteiger partial charge in [-0.15, -0.1) is 0 Å². The molecule has 1 aromatic heterocycles. The first-order valence-electron chi connectivity index (χ1n) is 5.00. The molecule has 0 aliphatic rings. The van der Waals surface area contributed by atoms with Crippen molar-refractivity contribution in [1.82, 2.24) is 10.1 Å². The van der Waals surface area contributed by atoms with E-state index in [0.717, 1.165) is 18.7 Å². The van der Waals surface area contributed by atoms with Crippen LogP contribution in [0, 0.1) is 5.41 Å². The summed E-state index contributed by atoms with van der Waals surface area (Å²) in [6, 6.07) is -0.129. The molecule has 0 spiro atoms. The van der Waals surface area contributed by atoms with Crippen LogP contribution in [0.25, 0.3) is 0 Å². The van der Waals surface area contributed by atoms with Gasteiger partial charge in [-0.1, -0.05) is 32.9 Å².